The van der Waals surface area contributed by atoms with Gasteiger partial charge in [-0.15, -0.1) is 0 Å². The van der Waals surface area contributed by atoms with Gasteiger partial charge in [0.1, 0.15) is 8.80 Å². The molecule has 0 fully saturated rings. The minimum atomic E-state index is -1.25. The summed E-state index contributed by atoms with van der Waals surface area (Å²) in [5, 5.41) is 2.59. The summed E-state index contributed by atoms with van der Waals surface area (Å²) >= 11 is 0. The van der Waals surface area contributed by atoms with Gasteiger partial charge in [0.2, 0.25) is 0 Å². The standard InChI is InChI=1S/C25H24NO4Si/c1-29-24(27)18-13-14-22-21(17-18)23(15-16-26(22)25(28)30-2)31(19-9-5-3-6-10-19)20-11-7-4-8-12-20/h3-14,17,23H,15-16H2,1-2H3/t23-/m1/s1. The van der Waals surface area contributed by atoms with Gasteiger partial charge in [0.25, 0.3) is 0 Å². The fourth-order valence-corrected chi connectivity index (χ4v) is 7.46. The van der Waals surface area contributed by atoms with Crippen molar-refractivity contribution in [3.8, 4) is 0 Å². The number of fused-ring (bicyclic) bond motifs is 1. The van der Waals surface area contributed by atoms with E-state index >= 15 is 0 Å². The predicted molar refractivity (Wildman–Crippen MR) is 123 cm³/mol. The SMILES string of the molecule is COC(=O)c1ccc2c(c1)[C@H]([Si](c1ccccc1)c1ccccc1)CCN2C(=O)OC. The molecule has 4 rings (SSSR count). The molecule has 3 aromatic carbocycles. The zero-order chi connectivity index (χ0) is 21.8. The van der Waals surface area contributed by atoms with Crippen LogP contribution in [0.15, 0.2) is 78.9 Å². The van der Waals surface area contributed by atoms with Crippen LogP contribution in [0.5, 0.6) is 0 Å². The molecule has 1 amide bonds. The lowest BCUT2D eigenvalue weighted by Crippen LogP contribution is -2.50. The van der Waals surface area contributed by atoms with Crippen molar-refractivity contribution < 1.29 is 19.1 Å². The molecule has 0 bridgehead atoms. The topological polar surface area (TPSA) is 55.8 Å². The Morgan fingerprint density at radius 1 is 0.871 bits per heavy atom. The van der Waals surface area contributed by atoms with Gasteiger partial charge in [-0.3, -0.25) is 4.90 Å². The Labute approximate surface area is 183 Å². The van der Waals surface area contributed by atoms with Crippen LogP contribution in [0.1, 0.15) is 27.9 Å². The molecular weight excluding hydrogens is 406 g/mol. The van der Waals surface area contributed by atoms with Crippen LogP contribution in [-0.4, -0.2) is 41.6 Å². The largest absolute Gasteiger partial charge is 0.465 e. The van der Waals surface area contributed by atoms with Crippen LogP contribution < -0.4 is 15.3 Å². The van der Waals surface area contributed by atoms with E-state index in [2.05, 4.69) is 48.5 Å². The minimum Gasteiger partial charge on any atom is -0.465 e. The van der Waals surface area contributed by atoms with Gasteiger partial charge < -0.3 is 9.47 Å². The van der Waals surface area contributed by atoms with Crippen LogP contribution in [0.2, 0.25) is 0 Å². The number of amides is 1. The Kier molecular flexibility index (Phi) is 6.18. The highest BCUT2D eigenvalue weighted by molar-refractivity contribution is 6.86. The Morgan fingerprint density at radius 2 is 1.48 bits per heavy atom. The molecule has 0 unspecified atom stereocenters. The molecule has 1 aliphatic rings. The highest BCUT2D eigenvalue weighted by Crippen LogP contribution is 2.38. The molecule has 5 nitrogen and oxygen atoms in total. The molecule has 0 N–H and O–H groups in total. The predicted octanol–water partition coefficient (Wildman–Crippen LogP) is 3.38. The number of methoxy groups -OCH3 is 2. The number of hydrogen-bond acceptors (Lipinski definition) is 4. The van der Waals surface area contributed by atoms with Crippen LogP contribution in [0.4, 0.5) is 10.5 Å². The van der Waals surface area contributed by atoms with E-state index in [1.807, 2.05) is 24.3 Å². The lowest BCUT2D eigenvalue weighted by Gasteiger charge is -2.37. The normalized spacial score (nSPS) is 15.3. The average molecular weight is 431 g/mol. The zero-order valence-electron chi connectivity index (χ0n) is 17.6. The summed E-state index contributed by atoms with van der Waals surface area (Å²) in [5.41, 5.74) is 2.45. The lowest BCUT2D eigenvalue weighted by molar-refractivity contribution is 0.0600. The molecule has 3 aromatic rings. The smallest absolute Gasteiger partial charge is 0.414 e. The number of carbonyl (C=O) groups is 2. The van der Waals surface area contributed by atoms with E-state index in [9.17, 15) is 9.59 Å². The maximum Gasteiger partial charge on any atom is 0.414 e. The van der Waals surface area contributed by atoms with Crippen LogP contribution in [0.25, 0.3) is 0 Å². The molecule has 0 saturated carbocycles. The van der Waals surface area contributed by atoms with Crippen LogP contribution in [0.3, 0.4) is 0 Å². The number of nitrogens with zero attached hydrogens (tertiary/aromatic N) is 1. The van der Waals surface area contributed by atoms with Gasteiger partial charge in [-0.25, -0.2) is 9.59 Å². The minimum absolute atomic E-state index is 0.176. The summed E-state index contributed by atoms with van der Waals surface area (Å²) in [7, 11) is 1.52. The zero-order valence-corrected chi connectivity index (χ0v) is 18.6. The number of hydrogen-bond donors (Lipinski definition) is 0. The first-order valence-electron chi connectivity index (χ1n) is 10.2. The van der Waals surface area contributed by atoms with E-state index in [4.69, 9.17) is 9.47 Å². The van der Waals surface area contributed by atoms with Crippen molar-refractivity contribution in [2.75, 3.05) is 25.7 Å². The highest BCUT2D eigenvalue weighted by Gasteiger charge is 2.37. The van der Waals surface area contributed by atoms with E-state index in [0.29, 0.717) is 12.1 Å². The van der Waals surface area contributed by atoms with Crippen molar-refractivity contribution in [2.24, 2.45) is 0 Å². The number of esters is 1. The average Bonchev–Trinajstić information content (AvgIpc) is 2.84. The summed E-state index contributed by atoms with van der Waals surface area (Å²) in [6.07, 6.45) is 0.392. The molecule has 6 heteroatoms. The number of carbonyl (C=O) groups excluding carboxylic acids is 2. The number of ether oxygens (including phenoxy) is 2. The third-order valence-electron chi connectivity index (χ3n) is 5.67. The van der Waals surface area contributed by atoms with E-state index in [-0.39, 0.29) is 11.5 Å². The van der Waals surface area contributed by atoms with E-state index < -0.39 is 14.9 Å². The molecule has 1 radical (unpaired) electrons. The molecule has 1 atom stereocenters. The number of rotatable bonds is 4. The fourth-order valence-electron chi connectivity index (χ4n) is 4.26. The van der Waals surface area contributed by atoms with E-state index in [1.54, 1.807) is 11.0 Å². The molecular formula is C25H24NO4Si. The first-order valence-corrected chi connectivity index (χ1v) is 11.8. The highest BCUT2D eigenvalue weighted by atomic mass is 28.3. The summed E-state index contributed by atoms with van der Waals surface area (Å²) in [4.78, 5) is 26.4. The summed E-state index contributed by atoms with van der Waals surface area (Å²) in [6, 6.07) is 26.5. The van der Waals surface area contributed by atoms with Gasteiger partial charge >= 0.3 is 12.1 Å². The summed E-state index contributed by atoms with van der Waals surface area (Å²) in [5.74, 6) is -0.384. The van der Waals surface area contributed by atoms with Crippen molar-refractivity contribution in [3.05, 3.63) is 90.0 Å². The first-order chi connectivity index (χ1) is 15.1. The quantitative estimate of drug-likeness (QED) is 0.470. The number of anilines is 1. The van der Waals surface area contributed by atoms with Gasteiger partial charge in [0.15, 0.2) is 0 Å². The molecule has 157 valence electrons. The van der Waals surface area contributed by atoms with Gasteiger partial charge in [-0.2, -0.15) is 0 Å². The maximum atomic E-state index is 12.4. The second kappa shape index (κ2) is 9.18. The molecule has 1 heterocycles. The Hall–Kier alpha value is -3.38. The molecule has 0 saturated heterocycles. The third-order valence-corrected chi connectivity index (χ3v) is 8.88. The second-order valence-corrected chi connectivity index (χ2v) is 10.1. The summed E-state index contributed by atoms with van der Waals surface area (Å²) in [6.45, 7) is 0.565. The first kappa shape index (κ1) is 20.9. The molecule has 1 aliphatic heterocycles. The molecule has 0 spiro atoms. The van der Waals surface area contributed by atoms with Crippen molar-refractivity contribution in [3.63, 3.8) is 0 Å². The molecule has 31 heavy (non-hydrogen) atoms. The van der Waals surface area contributed by atoms with Gasteiger partial charge in [0, 0.05) is 6.54 Å². The third kappa shape index (κ3) is 4.11. The molecule has 0 aromatic heterocycles. The van der Waals surface area contributed by atoms with Crippen LogP contribution >= 0.6 is 0 Å². The maximum absolute atomic E-state index is 12.4. The van der Waals surface area contributed by atoms with Crippen molar-refractivity contribution >= 4 is 36.9 Å². The van der Waals surface area contributed by atoms with E-state index in [1.165, 1.54) is 24.6 Å². The van der Waals surface area contributed by atoms with Gasteiger partial charge in [-0.1, -0.05) is 71.0 Å². The van der Waals surface area contributed by atoms with Gasteiger partial charge in [0.05, 0.1) is 25.5 Å². The van der Waals surface area contributed by atoms with Crippen molar-refractivity contribution in [1.82, 2.24) is 0 Å². The Bertz CT molecular complexity index is 1030. The Morgan fingerprint density at radius 3 is 2.03 bits per heavy atom. The van der Waals surface area contributed by atoms with Crippen molar-refractivity contribution in [2.45, 2.75) is 12.0 Å². The monoisotopic (exact) mass is 430 g/mol. The van der Waals surface area contributed by atoms with Crippen LogP contribution in [-0.2, 0) is 9.47 Å². The second-order valence-electron chi connectivity index (χ2n) is 7.37. The summed E-state index contributed by atoms with van der Waals surface area (Å²) < 4.78 is 9.97. The number of benzene rings is 3. The Balaban J connectivity index is 1.88. The van der Waals surface area contributed by atoms with Crippen LogP contribution in [0, 0.1) is 0 Å². The molecule has 0 aliphatic carbocycles. The fraction of sp³-hybridized carbons (Fsp3) is 0.200. The van der Waals surface area contributed by atoms with E-state index in [0.717, 1.165) is 17.7 Å². The van der Waals surface area contributed by atoms with Gasteiger partial charge in [-0.05, 0) is 35.7 Å². The lowest BCUT2D eigenvalue weighted by atomic mass is 9.98. The van der Waals surface area contributed by atoms with Crippen molar-refractivity contribution in [1.29, 1.82) is 0 Å².